The van der Waals surface area contributed by atoms with E-state index in [1.807, 2.05) is 6.92 Å². The highest BCUT2D eigenvalue weighted by Crippen LogP contribution is 2.46. The van der Waals surface area contributed by atoms with Crippen molar-refractivity contribution in [2.24, 2.45) is 0 Å². The molecule has 0 bridgehead atoms. The minimum atomic E-state index is -1.97. The van der Waals surface area contributed by atoms with Crippen molar-refractivity contribution in [3.8, 4) is 0 Å². The zero-order valence-electron chi connectivity index (χ0n) is 15.9. The van der Waals surface area contributed by atoms with E-state index in [0.29, 0.717) is 23.2 Å². The van der Waals surface area contributed by atoms with E-state index < -0.39 is 8.32 Å². The molecule has 0 amide bonds. The number of esters is 1. The third-order valence-corrected chi connectivity index (χ3v) is 11.2. The van der Waals surface area contributed by atoms with E-state index in [4.69, 9.17) is 9.16 Å². The molecule has 0 heterocycles. The summed E-state index contributed by atoms with van der Waals surface area (Å²) in [5.74, 6) is -0.287. The minimum absolute atomic E-state index is 0.00854. The summed E-state index contributed by atoms with van der Waals surface area (Å²) in [6, 6.07) is 0. The van der Waals surface area contributed by atoms with Crippen LogP contribution in [0.25, 0.3) is 0 Å². The Morgan fingerprint density at radius 3 is 2.17 bits per heavy atom. The van der Waals surface area contributed by atoms with Crippen LogP contribution in [0.3, 0.4) is 0 Å². The van der Waals surface area contributed by atoms with Crippen LogP contribution in [0.5, 0.6) is 0 Å². The SMILES string of the molecule is C=C1CCC(O[Si](C(C)C)(C(C)C)C(C)C)/C1=C\C(=O)OCC. The highest BCUT2D eigenvalue weighted by molar-refractivity contribution is 6.77. The Kier molecular flexibility index (Phi) is 7.27. The molecule has 0 aromatic rings. The van der Waals surface area contributed by atoms with E-state index in [-0.39, 0.29) is 12.1 Å². The Labute approximate surface area is 143 Å². The van der Waals surface area contributed by atoms with Gasteiger partial charge in [-0.3, -0.25) is 0 Å². The molecule has 0 aromatic carbocycles. The van der Waals surface area contributed by atoms with Crippen molar-refractivity contribution in [2.75, 3.05) is 6.61 Å². The quantitative estimate of drug-likeness (QED) is 0.355. The molecule has 1 fully saturated rings. The third kappa shape index (κ3) is 4.36. The van der Waals surface area contributed by atoms with Crippen molar-refractivity contribution in [3.05, 3.63) is 23.8 Å². The second-order valence-corrected chi connectivity index (χ2v) is 12.8. The van der Waals surface area contributed by atoms with Crippen molar-refractivity contribution < 1.29 is 14.0 Å². The summed E-state index contributed by atoms with van der Waals surface area (Å²) in [6.45, 7) is 20.0. The predicted molar refractivity (Wildman–Crippen MR) is 99.0 cm³/mol. The summed E-state index contributed by atoms with van der Waals surface area (Å²) in [5.41, 5.74) is 3.55. The molecule has 1 aliphatic carbocycles. The lowest BCUT2D eigenvalue weighted by Gasteiger charge is -2.44. The van der Waals surface area contributed by atoms with Gasteiger partial charge in [0, 0.05) is 6.08 Å². The Balaban J connectivity index is 3.12. The summed E-state index contributed by atoms with van der Waals surface area (Å²) >= 11 is 0. The fourth-order valence-electron chi connectivity index (χ4n) is 4.12. The molecule has 1 unspecified atom stereocenters. The smallest absolute Gasteiger partial charge is 0.331 e. The van der Waals surface area contributed by atoms with Gasteiger partial charge in [-0.15, -0.1) is 0 Å². The molecular weight excluding hydrogens is 304 g/mol. The maximum atomic E-state index is 11.9. The normalized spacial score (nSPS) is 21.0. The van der Waals surface area contributed by atoms with Crippen LogP contribution in [-0.2, 0) is 14.0 Å². The summed E-state index contributed by atoms with van der Waals surface area (Å²) in [5, 5.41) is 0. The van der Waals surface area contributed by atoms with Gasteiger partial charge < -0.3 is 9.16 Å². The van der Waals surface area contributed by atoms with Crippen LogP contribution in [0.1, 0.15) is 61.3 Å². The van der Waals surface area contributed by atoms with Gasteiger partial charge >= 0.3 is 5.97 Å². The first kappa shape index (κ1) is 20.2. The van der Waals surface area contributed by atoms with Gasteiger partial charge in [-0.2, -0.15) is 0 Å². The zero-order valence-corrected chi connectivity index (χ0v) is 16.9. The number of hydrogen-bond acceptors (Lipinski definition) is 3. The van der Waals surface area contributed by atoms with Gasteiger partial charge in [0.2, 0.25) is 8.32 Å². The number of ether oxygens (including phenoxy) is 1. The number of carbonyl (C=O) groups is 1. The van der Waals surface area contributed by atoms with Crippen LogP contribution in [0.2, 0.25) is 16.6 Å². The van der Waals surface area contributed by atoms with Crippen molar-refractivity contribution in [3.63, 3.8) is 0 Å². The molecule has 1 atom stereocenters. The molecule has 0 aromatic heterocycles. The second kappa shape index (κ2) is 8.29. The molecule has 4 heteroatoms. The van der Waals surface area contributed by atoms with Gasteiger partial charge in [0.05, 0.1) is 12.7 Å². The first-order valence-corrected chi connectivity index (χ1v) is 11.0. The van der Waals surface area contributed by atoms with Gasteiger partial charge in [-0.1, -0.05) is 48.1 Å². The fourth-order valence-corrected chi connectivity index (χ4v) is 9.67. The lowest BCUT2D eigenvalue weighted by atomic mass is 10.1. The van der Waals surface area contributed by atoms with E-state index in [0.717, 1.165) is 24.0 Å². The molecule has 1 saturated carbocycles. The van der Waals surface area contributed by atoms with Crippen LogP contribution in [0.4, 0.5) is 0 Å². The van der Waals surface area contributed by atoms with E-state index in [1.54, 1.807) is 6.08 Å². The summed E-state index contributed by atoms with van der Waals surface area (Å²) in [4.78, 5) is 11.9. The summed E-state index contributed by atoms with van der Waals surface area (Å²) < 4.78 is 11.9. The molecule has 0 aliphatic heterocycles. The first-order chi connectivity index (χ1) is 10.7. The number of hydrogen-bond donors (Lipinski definition) is 0. The third-order valence-electron chi connectivity index (χ3n) is 5.08. The van der Waals surface area contributed by atoms with Crippen molar-refractivity contribution in [2.45, 2.75) is 84.0 Å². The molecule has 1 aliphatic rings. The van der Waals surface area contributed by atoms with Crippen LogP contribution in [0, 0.1) is 0 Å². The summed E-state index contributed by atoms with van der Waals surface area (Å²) in [7, 11) is -1.97. The molecule has 0 N–H and O–H groups in total. The van der Waals surface area contributed by atoms with Crippen molar-refractivity contribution in [1.29, 1.82) is 0 Å². The largest absolute Gasteiger partial charge is 0.463 e. The Morgan fingerprint density at radius 1 is 1.22 bits per heavy atom. The highest BCUT2D eigenvalue weighted by Gasteiger charge is 2.47. The van der Waals surface area contributed by atoms with Gasteiger partial charge in [-0.25, -0.2) is 4.79 Å². The first-order valence-electron chi connectivity index (χ1n) is 8.91. The highest BCUT2D eigenvalue weighted by atomic mass is 28.4. The average molecular weight is 339 g/mol. The van der Waals surface area contributed by atoms with Crippen molar-refractivity contribution >= 4 is 14.3 Å². The molecule has 1 rings (SSSR count). The van der Waals surface area contributed by atoms with E-state index in [9.17, 15) is 4.79 Å². The molecule has 132 valence electrons. The maximum Gasteiger partial charge on any atom is 0.331 e. The Hall–Kier alpha value is -0.873. The fraction of sp³-hybridized carbons (Fsp3) is 0.737. The van der Waals surface area contributed by atoms with E-state index in [2.05, 4.69) is 48.1 Å². The van der Waals surface area contributed by atoms with Gasteiger partial charge in [0.25, 0.3) is 0 Å². The van der Waals surface area contributed by atoms with E-state index in [1.165, 1.54) is 0 Å². The zero-order chi connectivity index (χ0) is 17.8. The molecule has 0 radical (unpaired) electrons. The standard InChI is InChI=1S/C19H34O3Si/c1-9-21-19(20)12-17-16(8)10-11-18(17)22-23(13(2)3,14(4)5)15(6)7/h12-15,18H,8-11H2,1-7H3/b17-12-. The second-order valence-electron chi connectivity index (χ2n) is 7.42. The monoisotopic (exact) mass is 338 g/mol. The molecular formula is C19H34O3Si. The van der Waals surface area contributed by atoms with Gasteiger partial charge in [-0.05, 0) is 47.5 Å². The number of carbonyl (C=O) groups excluding carboxylic acids is 1. The van der Waals surface area contributed by atoms with Crippen LogP contribution < -0.4 is 0 Å². The van der Waals surface area contributed by atoms with Crippen LogP contribution in [0.15, 0.2) is 23.8 Å². The topological polar surface area (TPSA) is 35.5 Å². The lowest BCUT2D eigenvalue weighted by Crippen LogP contribution is -2.50. The number of rotatable bonds is 7. The van der Waals surface area contributed by atoms with Crippen LogP contribution in [-0.4, -0.2) is 27.0 Å². The summed E-state index contributed by atoms with van der Waals surface area (Å²) in [6.07, 6.45) is 3.41. The maximum absolute atomic E-state index is 11.9. The molecule has 0 spiro atoms. The lowest BCUT2D eigenvalue weighted by molar-refractivity contribution is -0.137. The molecule has 0 saturated heterocycles. The Bertz CT molecular complexity index is 441. The van der Waals surface area contributed by atoms with Crippen LogP contribution >= 0.6 is 0 Å². The van der Waals surface area contributed by atoms with Gasteiger partial charge in [0.1, 0.15) is 0 Å². The Morgan fingerprint density at radius 2 is 1.74 bits per heavy atom. The van der Waals surface area contributed by atoms with Crippen molar-refractivity contribution in [1.82, 2.24) is 0 Å². The molecule has 23 heavy (non-hydrogen) atoms. The predicted octanol–water partition coefficient (Wildman–Crippen LogP) is 5.39. The average Bonchev–Trinajstić information content (AvgIpc) is 2.76. The van der Waals surface area contributed by atoms with Gasteiger partial charge in [0.15, 0.2) is 0 Å². The van der Waals surface area contributed by atoms with E-state index >= 15 is 0 Å². The minimum Gasteiger partial charge on any atom is -0.463 e. The molecule has 3 nitrogen and oxygen atoms in total.